The molecule has 0 aromatic heterocycles. The smallest absolute Gasteiger partial charge is 0.167 e. The topological polar surface area (TPSA) is 17.1 Å². The van der Waals surface area contributed by atoms with Crippen molar-refractivity contribution in [1.82, 2.24) is 0 Å². The van der Waals surface area contributed by atoms with Gasteiger partial charge in [-0.25, -0.2) is 0 Å². The fourth-order valence-electron chi connectivity index (χ4n) is 1.88. The molecule has 0 aliphatic carbocycles. The Balaban J connectivity index is 2.60. The van der Waals surface area contributed by atoms with Crippen molar-refractivity contribution in [3.8, 4) is 0 Å². The third-order valence-corrected chi connectivity index (χ3v) is 4.11. The Bertz CT molecular complexity index is 396. The van der Waals surface area contributed by atoms with Gasteiger partial charge in [0.1, 0.15) is 0 Å². The number of thioether (sulfide) groups is 1. The van der Waals surface area contributed by atoms with Crippen molar-refractivity contribution in [3.63, 3.8) is 0 Å². The molecule has 2 heteroatoms. The molecule has 0 saturated heterocycles. The van der Waals surface area contributed by atoms with Crippen LogP contribution < -0.4 is 0 Å². The van der Waals surface area contributed by atoms with Gasteiger partial charge in [-0.3, -0.25) is 4.79 Å². The molecule has 0 saturated carbocycles. The molecule has 0 N–H and O–H groups in total. The van der Waals surface area contributed by atoms with Crippen LogP contribution in [0.5, 0.6) is 0 Å². The van der Waals surface area contributed by atoms with Crippen molar-refractivity contribution >= 4 is 17.5 Å². The van der Waals surface area contributed by atoms with Crippen molar-refractivity contribution in [2.75, 3.05) is 5.75 Å². The van der Waals surface area contributed by atoms with E-state index in [4.69, 9.17) is 0 Å². The van der Waals surface area contributed by atoms with Gasteiger partial charge in [0.25, 0.3) is 0 Å². The predicted octanol–water partition coefficient (Wildman–Crippen LogP) is 3.23. The molecule has 74 valence electrons. The highest BCUT2D eigenvalue weighted by molar-refractivity contribution is 7.99. The van der Waals surface area contributed by atoms with Crippen LogP contribution in [-0.4, -0.2) is 11.5 Å². The standard InChI is InChI=1S/C12H14OS/c1-7-4-8(2)12-10(5-7)11(13)9(3)6-14-12/h4-5,9H,6H2,1-3H3. The maximum absolute atomic E-state index is 11.9. The predicted molar refractivity (Wildman–Crippen MR) is 60.1 cm³/mol. The van der Waals surface area contributed by atoms with Crippen LogP contribution in [0.2, 0.25) is 0 Å². The molecule has 1 aliphatic rings. The lowest BCUT2D eigenvalue weighted by Crippen LogP contribution is -2.19. The number of rotatable bonds is 0. The second kappa shape index (κ2) is 3.43. The first-order valence-electron chi connectivity index (χ1n) is 4.88. The first kappa shape index (κ1) is 9.78. The molecule has 1 atom stereocenters. The van der Waals surface area contributed by atoms with Crippen LogP contribution in [0.1, 0.15) is 28.4 Å². The maximum Gasteiger partial charge on any atom is 0.167 e. The summed E-state index contributed by atoms with van der Waals surface area (Å²) in [7, 11) is 0. The summed E-state index contributed by atoms with van der Waals surface area (Å²) in [6.45, 7) is 6.14. The van der Waals surface area contributed by atoms with Gasteiger partial charge in [-0.1, -0.05) is 18.6 Å². The van der Waals surface area contributed by atoms with Crippen LogP contribution in [0.25, 0.3) is 0 Å². The molecule has 0 radical (unpaired) electrons. The zero-order valence-corrected chi connectivity index (χ0v) is 9.57. The van der Waals surface area contributed by atoms with Crippen LogP contribution >= 0.6 is 11.8 Å². The molecule has 14 heavy (non-hydrogen) atoms. The minimum absolute atomic E-state index is 0.175. The Morgan fingerprint density at radius 1 is 1.36 bits per heavy atom. The molecular formula is C12H14OS. The van der Waals surface area contributed by atoms with Gasteiger partial charge in [0.05, 0.1) is 0 Å². The van der Waals surface area contributed by atoms with E-state index in [1.54, 1.807) is 0 Å². The Kier molecular flexibility index (Phi) is 2.40. The number of fused-ring (bicyclic) bond motifs is 1. The lowest BCUT2D eigenvalue weighted by Gasteiger charge is -2.21. The van der Waals surface area contributed by atoms with Crippen LogP contribution in [0.4, 0.5) is 0 Å². The normalized spacial score (nSPS) is 20.8. The fraction of sp³-hybridized carbons (Fsp3) is 0.417. The summed E-state index contributed by atoms with van der Waals surface area (Å²) in [6, 6.07) is 4.17. The quantitative estimate of drug-likeness (QED) is 0.648. The first-order chi connectivity index (χ1) is 6.59. The van der Waals surface area contributed by atoms with Crippen molar-refractivity contribution in [2.45, 2.75) is 25.7 Å². The van der Waals surface area contributed by atoms with Gasteiger partial charge in [0, 0.05) is 22.1 Å². The second-order valence-electron chi connectivity index (χ2n) is 4.03. The van der Waals surface area contributed by atoms with E-state index in [0.717, 1.165) is 11.3 Å². The van der Waals surface area contributed by atoms with E-state index in [1.807, 2.05) is 31.7 Å². The molecule has 0 spiro atoms. The average molecular weight is 206 g/mol. The summed E-state index contributed by atoms with van der Waals surface area (Å²) < 4.78 is 0. The first-order valence-corrected chi connectivity index (χ1v) is 5.86. The zero-order chi connectivity index (χ0) is 10.3. The molecule has 1 aliphatic heterocycles. The minimum Gasteiger partial charge on any atom is -0.294 e. The SMILES string of the molecule is Cc1cc(C)c2c(c1)C(=O)C(C)CS2. The van der Waals surface area contributed by atoms with Crippen molar-refractivity contribution in [2.24, 2.45) is 5.92 Å². The van der Waals surface area contributed by atoms with E-state index in [0.29, 0.717) is 5.78 Å². The van der Waals surface area contributed by atoms with Gasteiger partial charge < -0.3 is 0 Å². The Morgan fingerprint density at radius 2 is 2.07 bits per heavy atom. The number of carbonyl (C=O) groups excluding carboxylic acids is 1. The van der Waals surface area contributed by atoms with Crippen LogP contribution in [-0.2, 0) is 0 Å². The lowest BCUT2D eigenvalue weighted by atomic mass is 9.97. The van der Waals surface area contributed by atoms with Gasteiger partial charge in [-0.05, 0) is 25.5 Å². The Hall–Kier alpha value is -0.760. The number of hydrogen-bond donors (Lipinski definition) is 0. The molecular weight excluding hydrogens is 192 g/mol. The monoisotopic (exact) mass is 206 g/mol. The van der Waals surface area contributed by atoms with E-state index in [-0.39, 0.29) is 5.92 Å². The van der Waals surface area contributed by atoms with Gasteiger partial charge in [0.15, 0.2) is 5.78 Å². The summed E-state index contributed by atoms with van der Waals surface area (Å²) in [6.07, 6.45) is 0. The molecule has 1 aromatic rings. The highest BCUT2D eigenvalue weighted by Crippen LogP contribution is 2.35. The highest BCUT2D eigenvalue weighted by Gasteiger charge is 2.25. The van der Waals surface area contributed by atoms with Gasteiger partial charge in [-0.2, -0.15) is 0 Å². The minimum atomic E-state index is 0.175. The van der Waals surface area contributed by atoms with Gasteiger partial charge in [-0.15, -0.1) is 11.8 Å². The molecule has 1 unspecified atom stereocenters. The summed E-state index contributed by atoms with van der Waals surface area (Å²) in [4.78, 5) is 13.1. The highest BCUT2D eigenvalue weighted by atomic mass is 32.2. The maximum atomic E-state index is 11.9. The number of Topliss-reactive ketones (excluding diaryl/α,β-unsaturated/α-hetero) is 1. The summed E-state index contributed by atoms with van der Waals surface area (Å²) in [5.41, 5.74) is 3.36. The Morgan fingerprint density at radius 3 is 2.79 bits per heavy atom. The molecule has 1 heterocycles. The average Bonchev–Trinajstić information content (AvgIpc) is 2.12. The van der Waals surface area contributed by atoms with Crippen molar-refractivity contribution in [1.29, 1.82) is 0 Å². The van der Waals surface area contributed by atoms with Crippen LogP contribution in [0, 0.1) is 19.8 Å². The van der Waals surface area contributed by atoms with E-state index in [9.17, 15) is 4.79 Å². The van der Waals surface area contributed by atoms with Crippen molar-refractivity contribution in [3.05, 3.63) is 28.8 Å². The summed E-state index contributed by atoms with van der Waals surface area (Å²) in [5.74, 6) is 1.41. The molecule has 0 fully saturated rings. The molecule has 0 amide bonds. The summed E-state index contributed by atoms with van der Waals surface area (Å²) in [5, 5.41) is 0. The third kappa shape index (κ3) is 1.48. The number of benzene rings is 1. The third-order valence-electron chi connectivity index (χ3n) is 2.61. The molecule has 2 rings (SSSR count). The Labute approximate surface area is 88.9 Å². The number of ketones is 1. The largest absolute Gasteiger partial charge is 0.294 e. The second-order valence-corrected chi connectivity index (χ2v) is 5.07. The van der Waals surface area contributed by atoms with E-state index < -0.39 is 0 Å². The number of hydrogen-bond acceptors (Lipinski definition) is 2. The zero-order valence-electron chi connectivity index (χ0n) is 8.76. The van der Waals surface area contributed by atoms with Gasteiger partial charge in [0.2, 0.25) is 0 Å². The lowest BCUT2D eigenvalue weighted by molar-refractivity contribution is 0.0936. The molecule has 1 aromatic carbocycles. The molecule has 0 bridgehead atoms. The number of carbonyl (C=O) groups is 1. The fourth-order valence-corrected chi connectivity index (χ4v) is 3.05. The number of aryl methyl sites for hydroxylation is 2. The van der Waals surface area contributed by atoms with E-state index in [1.165, 1.54) is 16.0 Å². The van der Waals surface area contributed by atoms with E-state index >= 15 is 0 Å². The van der Waals surface area contributed by atoms with Crippen molar-refractivity contribution < 1.29 is 4.79 Å². The molecule has 1 nitrogen and oxygen atoms in total. The van der Waals surface area contributed by atoms with Crippen LogP contribution in [0.15, 0.2) is 17.0 Å². The van der Waals surface area contributed by atoms with Crippen LogP contribution in [0.3, 0.4) is 0 Å². The van der Waals surface area contributed by atoms with E-state index in [2.05, 4.69) is 13.0 Å². The van der Waals surface area contributed by atoms with Gasteiger partial charge >= 0.3 is 0 Å². The summed E-state index contributed by atoms with van der Waals surface area (Å²) >= 11 is 1.82.